The summed E-state index contributed by atoms with van der Waals surface area (Å²) in [6, 6.07) is 19.7. The van der Waals surface area contributed by atoms with E-state index in [9.17, 15) is 9.59 Å². The molecule has 0 unspecified atom stereocenters. The van der Waals surface area contributed by atoms with Crippen molar-refractivity contribution in [2.24, 2.45) is 0 Å². The Hall–Kier alpha value is -1.89. The maximum absolute atomic E-state index is 13.9. The van der Waals surface area contributed by atoms with Crippen LogP contribution in [0.4, 0.5) is 0 Å². The Morgan fingerprint density at radius 1 is 0.800 bits per heavy atom. The highest BCUT2D eigenvalue weighted by atomic mass is 35.5. The number of carbonyl (C=O) groups excluding carboxylic acids is 2. The largest absolute Gasteiger partial charge is 0.352 e. The van der Waals surface area contributed by atoms with Gasteiger partial charge in [-0.1, -0.05) is 108 Å². The van der Waals surface area contributed by atoms with Gasteiger partial charge in [-0.15, -0.1) is 11.8 Å². The van der Waals surface area contributed by atoms with Crippen molar-refractivity contribution >= 4 is 70.0 Å². The molecule has 1 N–H and O–H groups in total. The molecule has 0 heterocycles. The van der Waals surface area contributed by atoms with Crippen LogP contribution in [0.1, 0.15) is 48.8 Å². The zero-order chi connectivity index (χ0) is 28.5. The van der Waals surface area contributed by atoms with Crippen LogP contribution in [0.15, 0.2) is 66.7 Å². The third-order valence-electron chi connectivity index (χ3n) is 7.15. The van der Waals surface area contributed by atoms with Gasteiger partial charge in [0.05, 0.1) is 5.75 Å². The van der Waals surface area contributed by atoms with Crippen LogP contribution in [0.5, 0.6) is 0 Å². The number of thioether (sulfide) groups is 1. The second kappa shape index (κ2) is 15.4. The third-order valence-corrected chi connectivity index (χ3v) is 9.51. The molecule has 0 aromatic heterocycles. The van der Waals surface area contributed by atoms with Crippen molar-refractivity contribution in [3.63, 3.8) is 0 Å². The van der Waals surface area contributed by atoms with Gasteiger partial charge in [-0.2, -0.15) is 0 Å². The predicted octanol–water partition coefficient (Wildman–Crippen LogP) is 8.62. The van der Waals surface area contributed by atoms with E-state index in [1.165, 1.54) is 18.2 Å². The number of rotatable bonds is 11. The number of benzene rings is 3. The molecule has 1 aliphatic rings. The Morgan fingerprint density at radius 2 is 1.38 bits per heavy atom. The molecule has 0 radical (unpaired) electrons. The van der Waals surface area contributed by atoms with Gasteiger partial charge >= 0.3 is 0 Å². The molecular formula is C31H32Cl4N2O2S. The van der Waals surface area contributed by atoms with Gasteiger partial charge in [0.2, 0.25) is 11.8 Å². The number of nitrogens with zero attached hydrogens (tertiary/aromatic N) is 1. The van der Waals surface area contributed by atoms with E-state index in [2.05, 4.69) is 5.32 Å². The molecule has 3 aromatic rings. The molecule has 4 nitrogen and oxygen atoms in total. The third kappa shape index (κ3) is 8.56. The van der Waals surface area contributed by atoms with Gasteiger partial charge < -0.3 is 10.2 Å². The topological polar surface area (TPSA) is 49.4 Å². The van der Waals surface area contributed by atoms with Crippen LogP contribution in [-0.2, 0) is 28.3 Å². The normalized spacial score (nSPS) is 14.5. The summed E-state index contributed by atoms with van der Waals surface area (Å²) in [7, 11) is 0. The lowest BCUT2D eigenvalue weighted by Gasteiger charge is -2.34. The highest BCUT2D eigenvalue weighted by molar-refractivity contribution is 7.99. The molecule has 0 saturated heterocycles. The van der Waals surface area contributed by atoms with Crippen LogP contribution >= 0.6 is 58.2 Å². The SMILES string of the molecule is O=C(NC1CCCCC1)[C@@H](Cc1ccccc1)N(Cc1c(Cl)cccc1Cl)C(=O)CSCc1c(Cl)cccc1Cl. The first-order valence-electron chi connectivity index (χ1n) is 13.4. The van der Waals surface area contributed by atoms with E-state index in [-0.39, 0.29) is 30.2 Å². The molecule has 3 aromatic carbocycles. The van der Waals surface area contributed by atoms with Crippen molar-refractivity contribution in [2.45, 2.75) is 62.9 Å². The highest BCUT2D eigenvalue weighted by Gasteiger charge is 2.32. The molecule has 4 rings (SSSR count). The summed E-state index contributed by atoms with van der Waals surface area (Å²) in [5, 5.41) is 5.26. The first-order chi connectivity index (χ1) is 19.3. The number of carbonyl (C=O) groups is 2. The van der Waals surface area contributed by atoms with Crippen LogP contribution in [0, 0.1) is 0 Å². The Bertz CT molecular complexity index is 1260. The molecule has 212 valence electrons. The zero-order valence-electron chi connectivity index (χ0n) is 22.1. The van der Waals surface area contributed by atoms with Crippen molar-refractivity contribution in [2.75, 3.05) is 5.75 Å². The van der Waals surface area contributed by atoms with Gasteiger partial charge in [-0.3, -0.25) is 9.59 Å². The first-order valence-corrected chi connectivity index (χ1v) is 16.1. The van der Waals surface area contributed by atoms with Gasteiger partial charge in [-0.05, 0) is 48.2 Å². The fourth-order valence-corrected chi connectivity index (χ4v) is 7.11. The molecule has 1 saturated carbocycles. The smallest absolute Gasteiger partial charge is 0.243 e. The fraction of sp³-hybridized carbons (Fsp3) is 0.355. The van der Waals surface area contributed by atoms with Gasteiger partial charge in [0, 0.05) is 50.4 Å². The summed E-state index contributed by atoms with van der Waals surface area (Å²) in [5.74, 6) is 0.240. The van der Waals surface area contributed by atoms with Gasteiger partial charge in [0.25, 0.3) is 0 Å². The minimum atomic E-state index is -0.742. The fourth-order valence-electron chi connectivity index (χ4n) is 4.95. The summed E-state index contributed by atoms with van der Waals surface area (Å²) in [4.78, 5) is 29.4. The summed E-state index contributed by atoms with van der Waals surface area (Å²) < 4.78 is 0. The second-order valence-electron chi connectivity index (χ2n) is 9.96. The highest BCUT2D eigenvalue weighted by Crippen LogP contribution is 2.30. The van der Waals surface area contributed by atoms with E-state index in [4.69, 9.17) is 46.4 Å². The minimum absolute atomic E-state index is 0.108. The molecule has 0 bridgehead atoms. The van der Waals surface area contributed by atoms with Crippen molar-refractivity contribution in [1.82, 2.24) is 10.2 Å². The van der Waals surface area contributed by atoms with Crippen LogP contribution in [-0.4, -0.2) is 34.6 Å². The van der Waals surface area contributed by atoms with Crippen LogP contribution in [0.2, 0.25) is 20.1 Å². The quantitative estimate of drug-likeness (QED) is 0.229. The number of nitrogens with one attached hydrogen (secondary N) is 1. The number of hydrogen-bond donors (Lipinski definition) is 1. The number of halogens is 4. The van der Waals surface area contributed by atoms with E-state index in [0.29, 0.717) is 37.8 Å². The molecule has 9 heteroatoms. The Balaban J connectivity index is 1.62. The van der Waals surface area contributed by atoms with E-state index in [1.807, 2.05) is 30.3 Å². The average molecular weight is 638 g/mol. The van der Waals surface area contributed by atoms with Crippen LogP contribution in [0.3, 0.4) is 0 Å². The minimum Gasteiger partial charge on any atom is -0.352 e. The summed E-state index contributed by atoms with van der Waals surface area (Å²) in [6.45, 7) is 0.111. The predicted molar refractivity (Wildman–Crippen MR) is 169 cm³/mol. The second-order valence-corrected chi connectivity index (χ2v) is 12.6. The lowest BCUT2D eigenvalue weighted by atomic mass is 9.94. The van der Waals surface area contributed by atoms with Crippen LogP contribution in [0.25, 0.3) is 0 Å². The van der Waals surface area contributed by atoms with Gasteiger partial charge in [0.15, 0.2) is 0 Å². The Morgan fingerprint density at radius 3 is 1.98 bits per heavy atom. The lowest BCUT2D eigenvalue weighted by molar-refractivity contribution is -0.139. The summed E-state index contributed by atoms with van der Waals surface area (Å²) >= 11 is 27.2. The maximum atomic E-state index is 13.9. The lowest BCUT2D eigenvalue weighted by Crippen LogP contribution is -2.53. The van der Waals surface area contributed by atoms with E-state index in [0.717, 1.165) is 36.8 Å². The van der Waals surface area contributed by atoms with Gasteiger partial charge in [0.1, 0.15) is 6.04 Å². The number of amides is 2. The molecule has 1 aliphatic carbocycles. The molecular weight excluding hydrogens is 606 g/mol. The molecule has 2 amide bonds. The van der Waals surface area contributed by atoms with Crippen molar-refractivity contribution in [3.8, 4) is 0 Å². The molecule has 1 atom stereocenters. The van der Waals surface area contributed by atoms with Crippen molar-refractivity contribution < 1.29 is 9.59 Å². The average Bonchev–Trinajstić information content (AvgIpc) is 2.94. The first kappa shape index (κ1) is 31.1. The van der Waals surface area contributed by atoms with E-state index >= 15 is 0 Å². The van der Waals surface area contributed by atoms with E-state index < -0.39 is 6.04 Å². The Labute approximate surface area is 260 Å². The van der Waals surface area contributed by atoms with Gasteiger partial charge in [-0.25, -0.2) is 0 Å². The molecule has 0 aliphatic heterocycles. The van der Waals surface area contributed by atoms with Crippen LogP contribution < -0.4 is 5.32 Å². The molecule has 0 spiro atoms. The summed E-state index contributed by atoms with van der Waals surface area (Å²) in [5.41, 5.74) is 2.35. The maximum Gasteiger partial charge on any atom is 0.243 e. The zero-order valence-corrected chi connectivity index (χ0v) is 25.9. The number of hydrogen-bond acceptors (Lipinski definition) is 3. The van der Waals surface area contributed by atoms with E-state index in [1.54, 1.807) is 41.3 Å². The summed E-state index contributed by atoms with van der Waals surface area (Å²) in [6.07, 6.45) is 5.63. The standard InChI is InChI=1S/C31H32Cl4N2O2S/c32-25-13-7-14-26(33)23(25)18-37(30(38)20-40-19-24-27(34)15-8-16-28(24)35)29(17-21-9-3-1-4-10-21)31(39)36-22-11-5-2-6-12-22/h1,3-4,7-10,13-16,22,29H,2,5-6,11-12,17-20H2,(H,36,39)/t29-/m1/s1. The molecule has 1 fully saturated rings. The van der Waals surface area contributed by atoms with Crippen molar-refractivity contribution in [1.29, 1.82) is 0 Å². The van der Waals surface area contributed by atoms with Crippen molar-refractivity contribution in [3.05, 3.63) is 104 Å². The molecule has 40 heavy (non-hydrogen) atoms. The Kier molecular flexibility index (Phi) is 11.9. The monoisotopic (exact) mass is 636 g/mol.